The molecule has 0 radical (unpaired) electrons. The Bertz CT molecular complexity index is 651. The van der Waals surface area contributed by atoms with Gasteiger partial charge in [0.15, 0.2) is 0 Å². The van der Waals surface area contributed by atoms with Crippen molar-refractivity contribution in [3.63, 3.8) is 0 Å². The second-order valence-corrected chi connectivity index (χ2v) is 5.69. The van der Waals surface area contributed by atoms with Gasteiger partial charge in [0.2, 0.25) is 0 Å². The van der Waals surface area contributed by atoms with Crippen LogP contribution in [0.15, 0.2) is 42.5 Å². The summed E-state index contributed by atoms with van der Waals surface area (Å²) >= 11 is 5.82. The van der Waals surface area contributed by atoms with E-state index in [9.17, 15) is 4.79 Å². The van der Waals surface area contributed by atoms with Crippen molar-refractivity contribution in [2.24, 2.45) is 0 Å². The zero-order chi connectivity index (χ0) is 15.4. The highest BCUT2D eigenvalue weighted by Gasteiger charge is 2.13. The van der Waals surface area contributed by atoms with E-state index in [0.29, 0.717) is 18.0 Å². The van der Waals surface area contributed by atoms with Crippen LogP contribution >= 0.6 is 11.6 Å². The van der Waals surface area contributed by atoms with Gasteiger partial charge < -0.3 is 4.90 Å². The number of aryl methyl sites for hydroxylation is 2. The quantitative estimate of drug-likeness (QED) is 0.770. The van der Waals surface area contributed by atoms with Gasteiger partial charge in [-0.25, -0.2) is 0 Å². The van der Waals surface area contributed by atoms with Crippen LogP contribution in [0.3, 0.4) is 0 Å². The molecular weight excluding hydrogens is 282 g/mol. The van der Waals surface area contributed by atoms with Gasteiger partial charge >= 0.3 is 0 Å². The van der Waals surface area contributed by atoms with Crippen molar-refractivity contribution in [1.82, 2.24) is 4.90 Å². The van der Waals surface area contributed by atoms with Gasteiger partial charge in [-0.05, 0) is 42.7 Å². The Morgan fingerprint density at radius 3 is 2.57 bits per heavy atom. The predicted octanol–water partition coefficient (Wildman–Crippen LogP) is 4.31. The van der Waals surface area contributed by atoms with E-state index in [1.165, 1.54) is 16.7 Å². The zero-order valence-corrected chi connectivity index (χ0v) is 13.4. The minimum atomic E-state index is 0.0157. The molecular formula is C18H20ClNO. The summed E-state index contributed by atoms with van der Waals surface area (Å²) in [5.41, 5.74) is 5.26. The van der Waals surface area contributed by atoms with Gasteiger partial charge in [-0.1, -0.05) is 35.9 Å². The second-order valence-electron chi connectivity index (χ2n) is 5.43. The fourth-order valence-corrected chi connectivity index (χ4v) is 2.52. The van der Waals surface area contributed by atoms with Crippen molar-refractivity contribution in [3.8, 4) is 0 Å². The lowest BCUT2D eigenvalue weighted by Crippen LogP contribution is -2.26. The Labute approximate surface area is 131 Å². The van der Waals surface area contributed by atoms with Crippen LogP contribution < -0.4 is 0 Å². The molecule has 2 nitrogen and oxygen atoms in total. The number of nitrogens with zero attached hydrogens (tertiary/aromatic N) is 1. The molecule has 1 amide bonds. The number of alkyl halides is 1. The third-order valence-electron chi connectivity index (χ3n) is 3.58. The molecule has 0 saturated carbocycles. The average Bonchev–Trinajstić information content (AvgIpc) is 2.49. The monoisotopic (exact) mass is 301 g/mol. The minimum Gasteiger partial charge on any atom is -0.337 e. The zero-order valence-electron chi connectivity index (χ0n) is 12.7. The van der Waals surface area contributed by atoms with Crippen LogP contribution in [-0.2, 0) is 12.4 Å². The molecule has 0 spiro atoms. The van der Waals surface area contributed by atoms with Crippen molar-refractivity contribution < 1.29 is 4.79 Å². The summed E-state index contributed by atoms with van der Waals surface area (Å²) in [7, 11) is 1.83. The van der Waals surface area contributed by atoms with Crippen LogP contribution in [0.5, 0.6) is 0 Å². The predicted molar refractivity (Wildman–Crippen MR) is 87.7 cm³/mol. The molecule has 0 aliphatic carbocycles. The van der Waals surface area contributed by atoms with E-state index in [-0.39, 0.29) is 5.91 Å². The first-order valence-corrected chi connectivity index (χ1v) is 7.51. The maximum Gasteiger partial charge on any atom is 0.253 e. The molecule has 2 aromatic carbocycles. The number of carbonyl (C=O) groups excluding carboxylic acids is 1. The highest BCUT2D eigenvalue weighted by Crippen LogP contribution is 2.15. The Hall–Kier alpha value is -1.80. The molecule has 0 heterocycles. The minimum absolute atomic E-state index is 0.0157. The maximum absolute atomic E-state index is 12.5. The van der Waals surface area contributed by atoms with Crippen LogP contribution in [0, 0.1) is 13.8 Å². The van der Waals surface area contributed by atoms with E-state index in [0.717, 1.165) is 5.56 Å². The first-order chi connectivity index (χ1) is 10.0. The Morgan fingerprint density at radius 2 is 1.90 bits per heavy atom. The van der Waals surface area contributed by atoms with Gasteiger partial charge in [-0.2, -0.15) is 0 Å². The van der Waals surface area contributed by atoms with Gasteiger partial charge in [0, 0.05) is 25.0 Å². The highest BCUT2D eigenvalue weighted by atomic mass is 35.5. The molecule has 2 rings (SSSR count). The van der Waals surface area contributed by atoms with Gasteiger partial charge in [0.05, 0.1) is 0 Å². The van der Waals surface area contributed by atoms with Crippen LogP contribution in [0.2, 0.25) is 0 Å². The summed E-state index contributed by atoms with van der Waals surface area (Å²) in [5, 5.41) is 0. The fourth-order valence-electron chi connectivity index (χ4n) is 2.36. The third-order valence-corrected chi connectivity index (χ3v) is 3.89. The normalized spacial score (nSPS) is 10.5. The molecule has 0 saturated heterocycles. The summed E-state index contributed by atoms with van der Waals surface area (Å²) in [6, 6.07) is 13.8. The standard InChI is InChI=1S/C18H20ClNO/c1-13-7-8-17(14(2)9-13)12-20(3)18(21)16-6-4-5-15(10-16)11-19/h4-10H,11-12H2,1-3H3. The number of amides is 1. The second kappa shape index (κ2) is 6.77. The SMILES string of the molecule is Cc1ccc(CN(C)C(=O)c2cccc(CCl)c2)c(C)c1. The molecule has 2 aromatic rings. The van der Waals surface area contributed by atoms with E-state index in [4.69, 9.17) is 11.6 Å². The highest BCUT2D eigenvalue weighted by molar-refractivity contribution is 6.17. The van der Waals surface area contributed by atoms with E-state index in [2.05, 4.69) is 32.0 Å². The van der Waals surface area contributed by atoms with E-state index in [1.807, 2.05) is 31.3 Å². The molecule has 0 aliphatic heterocycles. The maximum atomic E-state index is 12.5. The summed E-state index contributed by atoms with van der Waals surface area (Å²) in [4.78, 5) is 14.2. The molecule has 0 fully saturated rings. The van der Waals surface area contributed by atoms with Crippen molar-refractivity contribution >= 4 is 17.5 Å². The van der Waals surface area contributed by atoms with Crippen LogP contribution in [0.25, 0.3) is 0 Å². The van der Waals surface area contributed by atoms with Crippen molar-refractivity contribution in [1.29, 1.82) is 0 Å². The average molecular weight is 302 g/mol. The summed E-state index contributed by atoms with van der Waals surface area (Å²) in [6.07, 6.45) is 0. The van der Waals surface area contributed by atoms with Gasteiger partial charge in [0.25, 0.3) is 5.91 Å². The molecule has 110 valence electrons. The van der Waals surface area contributed by atoms with Crippen molar-refractivity contribution in [2.75, 3.05) is 7.05 Å². The lowest BCUT2D eigenvalue weighted by molar-refractivity contribution is 0.0785. The van der Waals surface area contributed by atoms with Gasteiger partial charge in [-0.15, -0.1) is 11.6 Å². The molecule has 21 heavy (non-hydrogen) atoms. The summed E-state index contributed by atoms with van der Waals surface area (Å²) < 4.78 is 0. The molecule has 0 bridgehead atoms. The first kappa shape index (κ1) is 15.6. The topological polar surface area (TPSA) is 20.3 Å². The Morgan fingerprint density at radius 1 is 1.14 bits per heavy atom. The molecule has 0 aromatic heterocycles. The summed E-state index contributed by atoms with van der Waals surface area (Å²) in [5.74, 6) is 0.434. The fraction of sp³-hybridized carbons (Fsp3) is 0.278. The van der Waals surface area contributed by atoms with E-state index in [1.54, 1.807) is 4.90 Å². The molecule has 0 N–H and O–H groups in total. The number of hydrogen-bond acceptors (Lipinski definition) is 1. The number of benzene rings is 2. The summed E-state index contributed by atoms with van der Waals surface area (Å²) in [6.45, 7) is 4.76. The molecule has 0 atom stereocenters. The third kappa shape index (κ3) is 3.85. The van der Waals surface area contributed by atoms with E-state index < -0.39 is 0 Å². The van der Waals surface area contributed by atoms with Crippen LogP contribution in [-0.4, -0.2) is 17.9 Å². The van der Waals surface area contributed by atoms with Crippen molar-refractivity contribution in [2.45, 2.75) is 26.3 Å². The number of carbonyl (C=O) groups is 1. The van der Waals surface area contributed by atoms with Crippen molar-refractivity contribution in [3.05, 3.63) is 70.3 Å². The largest absolute Gasteiger partial charge is 0.337 e. The first-order valence-electron chi connectivity index (χ1n) is 6.97. The van der Waals surface area contributed by atoms with Crippen LogP contribution in [0.4, 0.5) is 0 Å². The molecule has 0 unspecified atom stereocenters. The lowest BCUT2D eigenvalue weighted by atomic mass is 10.0. The Balaban J connectivity index is 2.15. The molecule has 3 heteroatoms. The van der Waals surface area contributed by atoms with Gasteiger partial charge in [0.1, 0.15) is 0 Å². The lowest BCUT2D eigenvalue weighted by Gasteiger charge is -2.19. The number of rotatable bonds is 4. The van der Waals surface area contributed by atoms with E-state index >= 15 is 0 Å². The smallest absolute Gasteiger partial charge is 0.253 e. The van der Waals surface area contributed by atoms with Crippen LogP contribution in [0.1, 0.15) is 32.6 Å². The Kier molecular flexibility index (Phi) is 5.03. The van der Waals surface area contributed by atoms with Gasteiger partial charge in [-0.3, -0.25) is 4.79 Å². The number of hydrogen-bond donors (Lipinski definition) is 0. The number of halogens is 1. The molecule has 0 aliphatic rings.